The highest BCUT2D eigenvalue weighted by molar-refractivity contribution is 7.10. The summed E-state index contributed by atoms with van der Waals surface area (Å²) in [6.45, 7) is 5.74. The molecule has 1 aromatic carbocycles. The number of nitrogens with one attached hydrogen (secondary N) is 2. The van der Waals surface area contributed by atoms with Gasteiger partial charge < -0.3 is 15.5 Å². The molecule has 0 aliphatic carbocycles. The smallest absolute Gasteiger partial charge is 0.309 e. The highest BCUT2D eigenvalue weighted by Gasteiger charge is 2.21. The van der Waals surface area contributed by atoms with Gasteiger partial charge in [-0.25, -0.2) is 0 Å². The maximum atomic E-state index is 11.9. The maximum Gasteiger partial charge on any atom is 0.309 e. The number of thiophene rings is 1. The molecule has 1 fully saturated rings. The number of carbonyl (C=O) groups excluding carboxylic acids is 2. The maximum absolute atomic E-state index is 11.9. The molecule has 0 bridgehead atoms. The van der Waals surface area contributed by atoms with E-state index in [0.29, 0.717) is 19.0 Å². The molecule has 0 radical (unpaired) electrons. The Kier molecular flexibility index (Phi) is 7.01. The van der Waals surface area contributed by atoms with Crippen molar-refractivity contribution in [2.24, 2.45) is 0 Å². The van der Waals surface area contributed by atoms with E-state index < -0.39 is 11.8 Å². The van der Waals surface area contributed by atoms with Crippen molar-refractivity contribution in [3.63, 3.8) is 0 Å². The molecule has 0 spiro atoms. The normalized spacial score (nSPS) is 15.4. The number of likely N-dealkylation sites (tertiary alicyclic amines) is 1. The van der Waals surface area contributed by atoms with Crippen LogP contribution in [0.2, 0.25) is 0 Å². The molecule has 0 unspecified atom stereocenters. The predicted molar refractivity (Wildman–Crippen MR) is 109 cm³/mol. The van der Waals surface area contributed by atoms with Gasteiger partial charge in [-0.3, -0.25) is 9.59 Å². The van der Waals surface area contributed by atoms with Gasteiger partial charge in [0, 0.05) is 24.5 Å². The molecule has 144 valence electrons. The average molecular weight is 386 g/mol. The lowest BCUT2D eigenvalue weighted by Gasteiger charge is -2.31. The third-order valence-electron chi connectivity index (χ3n) is 5.03. The lowest BCUT2D eigenvalue weighted by molar-refractivity contribution is -0.139. The summed E-state index contributed by atoms with van der Waals surface area (Å²) in [5.41, 5.74) is 2.15. The molecular formula is C21H27N3O2S. The molecule has 27 heavy (non-hydrogen) atoms. The van der Waals surface area contributed by atoms with Gasteiger partial charge in [0.25, 0.3) is 0 Å². The molecular weight excluding hydrogens is 358 g/mol. The Bertz CT molecular complexity index is 735. The fourth-order valence-corrected chi connectivity index (χ4v) is 4.24. The van der Waals surface area contributed by atoms with Crippen molar-refractivity contribution in [1.29, 1.82) is 0 Å². The summed E-state index contributed by atoms with van der Waals surface area (Å²) in [6, 6.07) is 12.2. The molecule has 2 amide bonds. The zero-order chi connectivity index (χ0) is 19.1. The van der Waals surface area contributed by atoms with Gasteiger partial charge in [0.2, 0.25) is 0 Å². The van der Waals surface area contributed by atoms with E-state index in [-0.39, 0.29) is 0 Å². The summed E-state index contributed by atoms with van der Waals surface area (Å²) in [4.78, 5) is 27.7. The molecule has 2 aromatic rings. The van der Waals surface area contributed by atoms with Crippen molar-refractivity contribution in [3.8, 4) is 0 Å². The second-order valence-corrected chi connectivity index (χ2v) is 8.03. The van der Waals surface area contributed by atoms with E-state index in [2.05, 4.69) is 33.0 Å². The van der Waals surface area contributed by atoms with Crippen LogP contribution in [0.1, 0.15) is 34.8 Å². The summed E-state index contributed by atoms with van der Waals surface area (Å²) in [7, 11) is 0. The van der Waals surface area contributed by atoms with Gasteiger partial charge in [-0.1, -0.05) is 35.9 Å². The van der Waals surface area contributed by atoms with Crippen LogP contribution < -0.4 is 10.6 Å². The van der Waals surface area contributed by atoms with Gasteiger partial charge in [0.1, 0.15) is 0 Å². The summed E-state index contributed by atoms with van der Waals surface area (Å²) in [5.74, 6) is -0.467. The Balaban J connectivity index is 1.31. The van der Waals surface area contributed by atoms with Gasteiger partial charge in [-0.15, -0.1) is 11.3 Å². The quantitative estimate of drug-likeness (QED) is 0.752. The standard InChI is InChI=1S/C21H27N3O2S/c1-16-4-6-17(7-5-16)15-23-21(26)20(25)22-10-13-24-11-8-18(9-12-24)19-3-2-14-27-19/h2-7,14,18H,8-13,15H2,1H3,(H,22,25)(H,23,26). The molecule has 0 saturated carbocycles. The Morgan fingerprint density at radius 2 is 1.78 bits per heavy atom. The van der Waals surface area contributed by atoms with E-state index in [9.17, 15) is 9.59 Å². The number of hydrogen-bond acceptors (Lipinski definition) is 4. The van der Waals surface area contributed by atoms with E-state index in [1.54, 1.807) is 0 Å². The van der Waals surface area contributed by atoms with E-state index in [1.165, 1.54) is 10.4 Å². The molecule has 5 nitrogen and oxygen atoms in total. The van der Waals surface area contributed by atoms with Crippen LogP contribution in [0.5, 0.6) is 0 Å². The lowest BCUT2D eigenvalue weighted by atomic mass is 9.95. The summed E-state index contributed by atoms with van der Waals surface area (Å²) in [5, 5.41) is 7.53. The first kappa shape index (κ1) is 19.6. The van der Waals surface area contributed by atoms with Crippen LogP contribution in [0.15, 0.2) is 41.8 Å². The van der Waals surface area contributed by atoms with Crippen molar-refractivity contribution in [3.05, 3.63) is 57.8 Å². The van der Waals surface area contributed by atoms with Crippen LogP contribution in [0, 0.1) is 6.92 Å². The topological polar surface area (TPSA) is 61.4 Å². The first-order valence-corrected chi connectivity index (χ1v) is 10.4. The Hall–Kier alpha value is -2.18. The number of piperidine rings is 1. The highest BCUT2D eigenvalue weighted by Crippen LogP contribution is 2.30. The van der Waals surface area contributed by atoms with Crippen LogP contribution in [0.3, 0.4) is 0 Å². The Morgan fingerprint density at radius 3 is 2.44 bits per heavy atom. The van der Waals surface area contributed by atoms with Crippen molar-refractivity contribution in [2.45, 2.75) is 32.2 Å². The fourth-order valence-electron chi connectivity index (χ4n) is 3.34. The first-order chi connectivity index (χ1) is 13.1. The van der Waals surface area contributed by atoms with Gasteiger partial charge in [0.05, 0.1) is 0 Å². The van der Waals surface area contributed by atoms with E-state index in [4.69, 9.17) is 0 Å². The number of amides is 2. The SMILES string of the molecule is Cc1ccc(CNC(=O)C(=O)NCCN2CCC(c3cccs3)CC2)cc1. The summed E-state index contributed by atoms with van der Waals surface area (Å²) >= 11 is 1.84. The lowest BCUT2D eigenvalue weighted by Crippen LogP contribution is -2.44. The summed E-state index contributed by atoms with van der Waals surface area (Å²) in [6.07, 6.45) is 2.32. The number of benzene rings is 1. The minimum absolute atomic E-state index is 0.364. The molecule has 2 N–H and O–H groups in total. The van der Waals surface area contributed by atoms with Crippen molar-refractivity contribution in [1.82, 2.24) is 15.5 Å². The number of hydrogen-bond donors (Lipinski definition) is 2. The molecule has 1 aromatic heterocycles. The molecule has 1 saturated heterocycles. The molecule has 6 heteroatoms. The molecule has 0 atom stereocenters. The van der Waals surface area contributed by atoms with Gasteiger partial charge >= 0.3 is 11.8 Å². The zero-order valence-electron chi connectivity index (χ0n) is 15.7. The molecule has 1 aliphatic heterocycles. The predicted octanol–water partition coefficient (Wildman–Crippen LogP) is 2.67. The average Bonchev–Trinajstić information content (AvgIpc) is 3.22. The highest BCUT2D eigenvalue weighted by atomic mass is 32.1. The molecule has 1 aliphatic rings. The van der Waals surface area contributed by atoms with Crippen molar-refractivity contribution in [2.75, 3.05) is 26.2 Å². The van der Waals surface area contributed by atoms with Crippen molar-refractivity contribution < 1.29 is 9.59 Å². The minimum atomic E-state index is -0.577. The third kappa shape index (κ3) is 5.91. The Morgan fingerprint density at radius 1 is 1.07 bits per heavy atom. The van der Waals surface area contributed by atoms with Crippen LogP contribution in [0.25, 0.3) is 0 Å². The number of carbonyl (C=O) groups is 2. The first-order valence-electron chi connectivity index (χ1n) is 9.49. The van der Waals surface area contributed by atoms with Crippen LogP contribution in [-0.2, 0) is 16.1 Å². The van der Waals surface area contributed by atoms with Crippen LogP contribution in [0.4, 0.5) is 0 Å². The van der Waals surface area contributed by atoms with Crippen LogP contribution in [-0.4, -0.2) is 42.9 Å². The van der Waals surface area contributed by atoms with E-state index >= 15 is 0 Å². The van der Waals surface area contributed by atoms with Crippen LogP contribution >= 0.6 is 11.3 Å². The zero-order valence-corrected chi connectivity index (χ0v) is 16.6. The number of aryl methyl sites for hydroxylation is 1. The van der Waals surface area contributed by atoms with E-state index in [0.717, 1.165) is 38.0 Å². The molecule has 2 heterocycles. The Labute approximate surface area is 164 Å². The molecule has 3 rings (SSSR count). The van der Waals surface area contributed by atoms with Crippen molar-refractivity contribution >= 4 is 23.2 Å². The summed E-state index contributed by atoms with van der Waals surface area (Å²) < 4.78 is 0. The number of nitrogens with zero attached hydrogens (tertiary/aromatic N) is 1. The number of rotatable bonds is 6. The van der Waals surface area contributed by atoms with Gasteiger partial charge in [-0.05, 0) is 55.8 Å². The second-order valence-electron chi connectivity index (χ2n) is 7.06. The monoisotopic (exact) mass is 385 g/mol. The second kappa shape index (κ2) is 9.67. The third-order valence-corrected chi connectivity index (χ3v) is 6.06. The van der Waals surface area contributed by atoms with Gasteiger partial charge in [-0.2, -0.15) is 0 Å². The minimum Gasteiger partial charge on any atom is -0.347 e. The van der Waals surface area contributed by atoms with E-state index in [1.807, 2.05) is 42.5 Å². The largest absolute Gasteiger partial charge is 0.347 e. The van der Waals surface area contributed by atoms with Gasteiger partial charge in [0.15, 0.2) is 0 Å². The fraction of sp³-hybridized carbons (Fsp3) is 0.429.